The van der Waals surface area contributed by atoms with Gasteiger partial charge in [0.1, 0.15) is 22.7 Å². The lowest BCUT2D eigenvalue weighted by Crippen LogP contribution is -2.43. The van der Waals surface area contributed by atoms with Crippen molar-refractivity contribution in [3.05, 3.63) is 78.7 Å². The van der Waals surface area contributed by atoms with Gasteiger partial charge in [0.2, 0.25) is 11.8 Å². The predicted molar refractivity (Wildman–Crippen MR) is 211 cm³/mol. The molecule has 5 rings (SSSR count). The van der Waals surface area contributed by atoms with E-state index in [1.54, 1.807) is 31.4 Å². The number of carbonyl (C=O) groups is 2. The highest BCUT2D eigenvalue weighted by Gasteiger charge is 2.58. The minimum atomic E-state index is -1.14. The molecule has 0 saturated heterocycles. The fourth-order valence-corrected chi connectivity index (χ4v) is 6.88. The van der Waals surface area contributed by atoms with Gasteiger partial charge in [-0.3, -0.25) is 14.6 Å². The number of methoxy groups -OCH3 is 2. The van der Waals surface area contributed by atoms with Crippen molar-refractivity contribution >= 4 is 34.1 Å². The Morgan fingerprint density at radius 1 is 0.736 bits per heavy atom. The topological polar surface area (TPSA) is 90.0 Å². The van der Waals surface area contributed by atoms with Gasteiger partial charge in [0.25, 0.3) is 0 Å². The molecule has 1 heterocycles. The summed E-state index contributed by atoms with van der Waals surface area (Å²) < 4.78 is 30.7. The number of aromatic nitrogens is 1. The molecule has 9 heteroatoms. The van der Waals surface area contributed by atoms with E-state index in [-0.39, 0.29) is 17.6 Å². The summed E-state index contributed by atoms with van der Waals surface area (Å²) in [6.45, 7) is 2.77. The third-order valence-corrected chi connectivity index (χ3v) is 10.3. The summed E-state index contributed by atoms with van der Waals surface area (Å²) in [6, 6.07) is 18.5. The second kappa shape index (κ2) is 20.0. The van der Waals surface area contributed by atoms with E-state index >= 15 is 0 Å². The molecular formula is C44H56FN3O5. The third kappa shape index (κ3) is 10.9. The quantitative estimate of drug-likeness (QED) is 0.0605. The van der Waals surface area contributed by atoms with Crippen LogP contribution in [0, 0.1) is 11.2 Å². The number of ether oxygens (including phenoxy) is 3. The number of rotatable bonds is 23. The van der Waals surface area contributed by atoms with E-state index in [9.17, 15) is 14.0 Å². The number of amides is 2. The average Bonchev–Trinajstić information content (AvgIpc) is 4.00. The summed E-state index contributed by atoms with van der Waals surface area (Å²) in [7, 11) is 3.17. The lowest BCUT2D eigenvalue weighted by molar-refractivity contribution is -0.132. The molecule has 0 radical (unpaired) electrons. The molecule has 1 aliphatic rings. The molecule has 0 unspecified atom stereocenters. The monoisotopic (exact) mass is 725 g/mol. The minimum absolute atomic E-state index is 0.207. The number of pyridine rings is 1. The van der Waals surface area contributed by atoms with Gasteiger partial charge in [-0.1, -0.05) is 90.4 Å². The van der Waals surface area contributed by atoms with E-state index in [4.69, 9.17) is 14.2 Å². The molecule has 8 nitrogen and oxygen atoms in total. The zero-order valence-electron chi connectivity index (χ0n) is 31.8. The molecule has 0 atom stereocenters. The second-order valence-electron chi connectivity index (χ2n) is 14.2. The van der Waals surface area contributed by atoms with E-state index in [1.165, 1.54) is 94.9 Å². The van der Waals surface area contributed by atoms with Crippen LogP contribution in [0.1, 0.15) is 110 Å². The first-order valence-electron chi connectivity index (χ1n) is 19.6. The van der Waals surface area contributed by atoms with Gasteiger partial charge in [0.05, 0.1) is 19.7 Å². The van der Waals surface area contributed by atoms with Crippen LogP contribution in [0.4, 0.5) is 15.8 Å². The Morgan fingerprint density at radius 3 is 1.87 bits per heavy atom. The first-order valence-corrected chi connectivity index (χ1v) is 19.6. The number of halogens is 1. The maximum atomic E-state index is 14.3. The SMILES string of the molecule is CCCCCCCCCCCCCCCCN(C(=O)C1(C(=O)Nc2ccc(F)cc2)CC1)c1ccc(Oc2ccnc3cc(OC)c(OC)cc23)cc1. The van der Waals surface area contributed by atoms with Crippen LogP contribution in [-0.4, -0.2) is 37.6 Å². The number of anilines is 2. The molecule has 2 amide bonds. The molecule has 1 aliphatic carbocycles. The van der Waals surface area contributed by atoms with Crippen molar-refractivity contribution in [3.8, 4) is 23.0 Å². The van der Waals surface area contributed by atoms with E-state index in [0.29, 0.717) is 59.3 Å². The van der Waals surface area contributed by atoms with Crippen LogP contribution in [0.2, 0.25) is 0 Å². The Kier molecular flexibility index (Phi) is 14.9. The molecule has 0 spiro atoms. The van der Waals surface area contributed by atoms with Gasteiger partial charge in [-0.15, -0.1) is 0 Å². The lowest BCUT2D eigenvalue weighted by Gasteiger charge is -2.27. The highest BCUT2D eigenvalue weighted by atomic mass is 19.1. The Labute approximate surface area is 314 Å². The lowest BCUT2D eigenvalue weighted by atomic mass is 10.0. The number of nitrogens with zero attached hydrogens (tertiary/aromatic N) is 2. The summed E-state index contributed by atoms with van der Waals surface area (Å²) in [5.41, 5.74) is 0.741. The number of hydrogen-bond donors (Lipinski definition) is 1. The van der Waals surface area contributed by atoms with Gasteiger partial charge < -0.3 is 24.4 Å². The maximum absolute atomic E-state index is 14.3. The van der Waals surface area contributed by atoms with E-state index in [2.05, 4.69) is 17.2 Å². The van der Waals surface area contributed by atoms with Crippen molar-refractivity contribution in [2.75, 3.05) is 31.0 Å². The molecular weight excluding hydrogens is 669 g/mol. The van der Waals surface area contributed by atoms with Crippen molar-refractivity contribution in [1.29, 1.82) is 0 Å². The standard InChI is InChI=1S/C44H56FN3O5/c1-4-5-6-7-8-9-10-11-12-13-14-15-16-17-30-48(43(50)44(27-28-44)42(49)47-34-20-18-33(45)19-21-34)35-22-24-36(25-23-35)53-39-26-29-46-38-32-41(52-3)40(51-2)31-37(38)39/h18-26,29,31-32H,4-17,27-28,30H2,1-3H3,(H,47,49). The van der Waals surface area contributed by atoms with Crippen molar-refractivity contribution in [2.45, 2.75) is 110 Å². The Balaban J connectivity index is 1.21. The molecule has 1 aromatic heterocycles. The maximum Gasteiger partial charge on any atom is 0.242 e. The number of hydrogen-bond acceptors (Lipinski definition) is 6. The van der Waals surface area contributed by atoms with Gasteiger partial charge in [-0.05, 0) is 79.9 Å². The highest BCUT2D eigenvalue weighted by Crippen LogP contribution is 2.49. The summed E-state index contributed by atoms with van der Waals surface area (Å²) in [6.07, 6.45) is 20.1. The van der Waals surface area contributed by atoms with Crippen LogP contribution in [0.3, 0.4) is 0 Å². The first-order chi connectivity index (χ1) is 25.9. The van der Waals surface area contributed by atoms with Gasteiger partial charge >= 0.3 is 0 Å². The van der Waals surface area contributed by atoms with Crippen LogP contribution in [0.5, 0.6) is 23.0 Å². The highest BCUT2D eigenvalue weighted by molar-refractivity contribution is 6.17. The van der Waals surface area contributed by atoms with Crippen LogP contribution >= 0.6 is 0 Å². The fraction of sp³-hybridized carbons (Fsp3) is 0.477. The summed E-state index contributed by atoms with van der Waals surface area (Å²) in [5.74, 6) is 1.41. The van der Waals surface area contributed by atoms with Crippen molar-refractivity contribution < 1.29 is 28.2 Å². The van der Waals surface area contributed by atoms with E-state index < -0.39 is 5.41 Å². The van der Waals surface area contributed by atoms with Crippen molar-refractivity contribution in [3.63, 3.8) is 0 Å². The van der Waals surface area contributed by atoms with E-state index in [1.807, 2.05) is 36.4 Å². The molecule has 0 aliphatic heterocycles. The molecule has 284 valence electrons. The molecule has 1 N–H and O–H groups in total. The van der Waals surface area contributed by atoms with Gasteiger partial charge in [0.15, 0.2) is 11.5 Å². The predicted octanol–water partition coefficient (Wildman–Crippen LogP) is 11.4. The Hall–Kier alpha value is -4.66. The zero-order chi connectivity index (χ0) is 37.5. The van der Waals surface area contributed by atoms with Crippen LogP contribution < -0.4 is 24.4 Å². The first kappa shape index (κ1) is 39.5. The average molecular weight is 726 g/mol. The smallest absolute Gasteiger partial charge is 0.242 e. The van der Waals surface area contributed by atoms with Gasteiger partial charge in [-0.25, -0.2) is 4.39 Å². The van der Waals surface area contributed by atoms with Gasteiger partial charge in [-0.2, -0.15) is 0 Å². The van der Waals surface area contributed by atoms with Crippen molar-refractivity contribution in [2.24, 2.45) is 5.41 Å². The molecule has 1 saturated carbocycles. The Morgan fingerprint density at radius 2 is 1.30 bits per heavy atom. The summed E-state index contributed by atoms with van der Waals surface area (Å²) in [4.78, 5) is 34.0. The number of benzene rings is 3. The molecule has 0 bridgehead atoms. The second-order valence-corrected chi connectivity index (χ2v) is 14.2. The minimum Gasteiger partial charge on any atom is -0.493 e. The number of fused-ring (bicyclic) bond motifs is 1. The van der Waals surface area contributed by atoms with E-state index in [0.717, 1.165) is 24.6 Å². The largest absolute Gasteiger partial charge is 0.493 e. The van der Waals surface area contributed by atoms with Crippen LogP contribution in [0.25, 0.3) is 10.9 Å². The molecule has 3 aromatic carbocycles. The third-order valence-electron chi connectivity index (χ3n) is 10.3. The summed E-state index contributed by atoms with van der Waals surface area (Å²) in [5, 5.41) is 3.62. The zero-order valence-corrected chi connectivity index (χ0v) is 31.8. The summed E-state index contributed by atoms with van der Waals surface area (Å²) >= 11 is 0. The van der Waals surface area contributed by atoms with Gasteiger partial charge in [0, 0.05) is 35.6 Å². The number of unbranched alkanes of at least 4 members (excludes halogenated alkanes) is 13. The fourth-order valence-electron chi connectivity index (χ4n) is 6.88. The normalized spacial score (nSPS) is 13.1. The number of nitrogens with one attached hydrogen (secondary N) is 1. The molecule has 1 fully saturated rings. The molecule has 53 heavy (non-hydrogen) atoms. The molecule has 4 aromatic rings. The van der Waals surface area contributed by atoms with Crippen LogP contribution in [0.15, 0.2) is 72.9 Å². The van der Waals surface area contributed by atoms with Crippen molar-refractivity contribution in [1.82, 2.24) is 4.98 Å². The Bertz CT molecular complexity index is 1760. The van der Waals surface area contributed by atoms with Crippen LogP contribution in [-0.2, 0) is 9.59 Å². The number of carbonyl (C=O) groups excluding carboxylic acids is 2.